The minimum absolute atomic E-state index is 0.290. The van der Waals surface area contributed by atoms with E-state index in [2.05, 4.69) is 15.3 Å². The van der Waals surface area contributed by atoms with Gasteiger partial charge in [0.05, 0.1) is 11.3 Å². The summed E-state index contributed by atoms with van der Waals surface area (Å²) in [7, 11) is 0. The third-order valence-electron chi connectivity index (χ3n) is 3.35. The van der Waals surface area contributed by atoms with Crippen LogP contribution in [0.15, 0.2) is 65.8 Å². The summed E-state index contributed by atoms with van der Waals surface area (Å²) in [5.74, 6) is -0.274. The zero-order valence-corrected chi connectivity index (χ0v) is 13.7. The first-order chi connectivity index (χ1) is 11.7. The van der Waals surface area contributed by atoms with Crippen LogP contribution in [0.25, 0.3) is 11.4 Å². The highest BCUT2D eigenvalue weighted by Gasteiger charge is 2.10. The first-order valence-electron chi connectivity index (χ1n) is 7.20. The zero-order valence-electron chi connectivity index (χ0n) is 12.9. The molecule has 0 aliphatic rings. The molecule has 6 heteroatoms. The Kier molecular flexibility index (Phi) is 4.86. The third kappa shape index (κ3) is 3.60. The summed E-state index contributed by atoms with van der Waals surface area (Å²) in [6, 6.07) is 13.6. The molecule has 2 aromatic carbocycles. The van der Waals surface area contributed by atoms with E-state index in [9.17, 15) is 9.18 Å². The lowest BCUT2D eigenvalue weighted by Gasteiger charge is -2.09. The van der Waals surface area contributed by atoms with Crippen molar-refractivity contribution in [2.75, 3.05) is 11.6 Å². The molecule has 3 aromatic rings. The molecule has 0 saturated carbocycles. The fraction of sp³-hybridized carbons (Fsp3) is 0.0556. The van der Waals surface area contributed by atoms with Crippen LogP contribution in [0.1, 0.15) is 10.4 Å². The molecule has 0 radical (unpaired) electrons. The Labute approximate surface area is 143 Å². The van der Waals surface area contributed by atoms with Crippen LogP contribution >= 0.6 is 11.8 Å². The highest BCUT2D eigenvalue weighted by Crippen LogP contribution is 2.25. The molecular formula is C18H14FN3OS. The number of benzene rings is 2. The summed E-state index contributed by atoms with van der Waals surface area (Å²) in [5, 5.41) is 2.85. The van der Waals surface area contributed by atoms with Gasteiger partial charge in [0.15, 0.2) is 5.82 Å². The normalized spacial score (nSPS) is 10.4. The van der Waals surface area contributed by atoms with Crippen molar-refractivity contribution >= 4 is 23.4 Å². The van der Waals surface area contributed by atoms with E-state index in [1.54, 1.807) is 23.9 Å². The molecule has 24 heavy (non-hydrogen) atoms. The van der Waals surface area contributed by atoms with E-state index in [1.807, 2.05) is 30.5 Å². The molecule has 0 atom stereocenters. The number of rotatable bonds is 4. The number of nitrogens with zero attached hydrogens (tertiary/aromatic N) is 2. The SMILES string of the molecule is CSc1ccccc1NC(=O)c1cnc(-c2cccc(F)c2)nc1. The van der Waals surface area contributed by atoms with Gasteiger partial charge in [-0.05, 0) is 30.5 Å². The Morgan fingerprint density at radius 3 is 2.54 bits per heavy atom. The molecule has 0 bridgehead atoms. The number of thioether (sulfide) groups is 1. The number of nitrogens with one attached hydrogen (secondary N) is 1. The van der Waals surface area contributed by atoms with Crippen molar-refractivity contribution in [3.05, 3.63) is 72.3 Å². The number of halogens is 1. The smallest absolute Gasteiger partial charge is 0.258 e. The van der Waals surface area contributed by atoms with Crippen LogP contribution in [0.4, 0.5) is 10.1 Å². The maximum absolute atomic E-state index is 13.3. The van der Waals surface area contributed by atoms with E-state index in [4.69, 9.17) is 0 Å². The van der Waals surface area contributed by atoms with Gasteiger partial charge in [0.2, 0.25) is 0 Å². The molecule has 1 amide bonds. The second-order valence-electron chi connectivity index (χ2n) is 4.96. The van der Waals surface area contributed by atoms with Crippen LogP contribution in [-0.4, -0.2) is 22.1 Å². The molecule has 0 unspecified atom stereocenters. The topological polar surface area (TPSA) is 54.9 Å². The molecule has 3 rings (SSSR count). The van der Waals surface area contributed by atoms with E-state index in [1.165, 1.54) is 24.5 Å². The molecule has 0 aliphatic carbocycles. The van der Waals surface area contributed by atoms with E-state index < -0.39 is 0 Å². The average Bonchev–Trinajstić information content (AvgIpc) is 2.62. The van der Waals surface area contributed by atoms with Gasteiger partial charge in [0.25, 0.3) is 5.91 Å². The lowest BCUT2D eigenvalue weighted by Crippen LogP contribution is -2.13. The van der Waals surface area contributed by atoms with Gasteiger partial charge in [0.1, 0.15) is 5.82 Å². The minimum atomic E-state index is -0.355. The Balaban J connectivity index is 1.79. The maximum atomic E-state index is 13.3. The lowest BCUT2D eigenvalue weighted by atomic mass is 10.2. The molecule has 4 nitrogen and oxygen atoms in total. The lowest BCUT2D eigenvalue weighted by molar-refractivity contribution is 0.102. The van der Waals surface area contributed by atoms with Gasteiger partial charge in [-0.1, -0.05) is 24.3 Å². The molecule has 0 aliphatic heterocycles. The predicted octanol–water partition coefficient (Wildman–Crippen LogP) is 4.26. The van der Waals surface area contributed by atoms with Gasteiger partial charge in [-0.15, -0.1) is 11.8 Å². The summed E-state index contributed by atoms with van der Waals surface area (Å²) < 4.78 is 13.3. The number of aromatic nitrogens is 2. The summed E-state index contributed by atoms with van der Waals surface area (Å²) in [4.78, 5) is 21.6. The Morgan fingerprint density at radius 2 is 1.83 bits per heavy atom. The van der Waals surface area contributed by atoms with Crippen molar-refractivity contribution in [3.8, 4) is 11.4 Å². The second-order valence-corrected chi connectivity index (χ2v) is 5.81. The van der Waals surface area contributed by atoms with E-state index in [-0.39, 0.29) is 11.7 Å². The molecule has 120 valence electrons. The molecule has 1 heterocycles. The van der Waals surface area contributed by atoms with Crippen LogP contribution in [0.5, 0.6) is 0 Å². The summed E-state index contributed by atoms with van der Waals surface area (Å²) in [6.45, 7) is 0. The number of para-hydroxylation sites is 1. The van der Waals surface area contributed by atoms with Gasteiger partial charge in [0, 0.05) is 22.9 Å². The zero-order chi connectivity index (χ0) is 16.9. The quantitative estimate of drug-likeness (QED) is 0.722. The Bertz CT molecular complexity index is 868. The van der Waals surface area contributed by atoms with E-state index in [0.29, 0.717) is 17.0 Å². The first-order valence-corrected chi connectivity index (χ1v) is 8.42. The number of hydrogen-bond donors (Lipinski definition) is 1. The Morgan fingerprint density at radius 1 is 1.08 bits per heavy atom. The van der Waals surface area contributed by atoms with Crippen LogP contribution < -0.4 is 5.32 Å². The highest BCUT2D eigenvalue weighted by molar-refractivity contribution is 7.98. The molecular weight excluding hydrogens is 325 g/mol. The monoisotopic (exact) mass is 339 g/mol. The van der Waals surface area contributed by atoms with Crippen molar-refractivity contribution in [3.63, 3.8) is 0 Å². The van der Waals surface area contributed by atoms with E-state index >= 15 is 0 Å². The largest absolute Gasteiger partial charge is 0.321 e. The van der Waals surface area contributed by atoms with Crippen molar-refractivity contribution in [1.29, 1.82) is 0 Å². The number of anilines is 1. The Hall–Kier alpha value is -2.73. The van der Waals surface area contributed by atoms with Crippen molar-refractivity contribution < 1.29 is 9.18 Å². The predicted molar refractivity (Wildman–Crippen MR) is 93.6 cm³/mol. The fourth-order valence-corrected chi connectivity index (χ4v) is 2.72. The van der Waals surface area contributed by atoms with E-state index in [0.717, 1.165) is 10.6 Å². The second kappa shape index (κ2) is 7.23. The third-order valence-corrected chi connectivity index (χ3v) is 4.15. The van der Waals surface area contributed by atoms with Gasteiger partial charge in [-0.25, -0.2) is 14.4 Å². The molecule has 0 saturated heterocycles. The molecule has 1 N–H and O–H groups in total. The van der Waals surface area contributed by atoms with Crippen molar-refractivity contribution in [1.82, 2.24) is 9.97 Å². The molecule has 0 spiro atoms. The van der Waals surface area contributed by atoms with Crippen molar-refractivity contribution in [2.45, 2.75) is 4.90 Å². The van der Waals surface area contributed by atoms with Crippen LogP contribution in [0.3, 0.4) is 0 Å². The number of carbonyl (C=O) groups is 1. The van der Waals surface area contributed by atoms with Gasteiger partial charge in [-0.3, -0.25) is 4.79 Å². The maximum Gasteiger partial charge on any atom is 0.258 e. The average molecular weight is 339 g/mol. The number of carbonyl (C=O) groups excluding carboxylic acids is 1. The minimum Gasteiger partial charge on any atom is -0.321 e. The summed E-state index contributed by atoms with van der Waals surface area (Å²) in [5.41, 5.74) is 1.64. The fourth-order valence-electron chi connectivity index (χ4n) is 2.16. The van der Waals surface area contributed by atoms with Crippen LogP contribution in [0.2, 0.25) is 0 Å². The number of amides is 1. The standard InChI is InChI=1S/C18H14FN3OS/c1-24-16-8-3-2-7-15(16)22-18(23)13-10-20-17(21-11-13)12-5-4-6-14(19)9-12/h2-11H,1H3,(H,22,23). The molecule has 1 aromatic heterocycles. The van der Waals surface area contributed by atoms with Crippen molar-refractivity contribution in [2.24, 2.45) is 0 Å². The van der Waals surface area contributed by atoms with Gasteiger partial charge < -0.3 is 5.32 Å². The first kappa shape index (κ1) is 16.1. The summed E-state index contributed by atoms with van der Waals surface area (Å²) >= 11 is 1.55. The van der Waals surface area contributed by atoms with Crippen LogP contribution in [0, 0.1) is 5.82 Å². The number of hydrogen-bond acceptors (Lipinski definition) is 4. The van der Waals surface area contributed by atoms with Gasteiger partial charge >= 0.3 is 0 Å². The molecule has 0 fully saturated rings. The van der Waals surface area contributed by atoms with Gasteiger partial charge in [-0.2, -0.15) is 0 Å². The summed E-state index contributed by atoms with van der Waals surface area (Å²) in [6.07, 6.45) is 4.82. The van der Waals surface area contributed by atoms with Crippen LogP contribution in [-0.2, 0) is 0 Å². The highest BCUT2D eigenvalue weighted by atomic mass is 32.2.